The number of halogens is 3. The van der Waals surface area contributed by atoms with Crippen molar-refractivity contribution in [2.24, 2.45) is 0 Å². The average molecular weight is 311 g/mol. The number of rotatable bonds is 1. The quantitative estimate of drug-likeness (QED) is 0.674. The molecule has 1 aliphatic rings. The van der Waals surface area contributed by atoms with Crippen molar-refractivity contribution in [1.29, 1.82) is 0 Å². The third kappa shape index (κ3) is 2.50. The minimum absolute atomic E-state index is 0.291. The first-order valence-electron chi connectivity index (χ1n) is 6.56. The second-order valence-corrected chi connectivity index (χ2v) is 5.66. The van der Waals surface area contributed by atoms with Crippen LogP contribution < -0.4 is 4.74 Å². The number of fused-ring (bicyclic) bond motifs is 1. The van der Waals surface area contributed by atoms with Crippen LogP contribution >= 0.6 is 23.2 Å². The predicted octanol–water partition coefficient (Wildman–Crippen LogP) is 5.51. The van der Waals surface area contributed by atoms with E-state index in [1.54, 1.807) is 18.2 Å². The predicted molar refractivity (Wildman–Crippen MR) is 80.3 cm³/mol. The molecule has 0 atom stereocenters. The molecule has 104 valence electrons. The fourth-order valence-electron chi connectivity index (χ4n) is 2.54. The van der Waals surface area contributed by atoms with E-state index in [2.05, 4.69) is 0 Å². The van der Waals surface area contributed by atoms with Gasteiger partial charge < -0.3 is 4.74 Å². The van der Waals surface area contributed by atoms with Gasteiger partial charge in [0.2, 0.25) is 0 Å². The van der Waals surface area contributed by atoms with E-state index >= 15 is 0 Å². The van der Waals surface area contributed by atoms with Crippen molar-refractivity contribution < 1.29 is 9.13 Å². The molecule has 0 radical (unpaired) electrons. The Morgan fingerprint density at radius 2 is 1.80 bits per heavy atom. The SMILES string of the molecule is Fc1cc2c(c(-c3c(Cl)cccc3Cl)c1)OCCCC2. The summed E-state index contributed by atoms with van der Waals surface area (Å²) < 4.78 is 19.7. The fourth-order valence-corrected chi connectivity index (χ4v) is 3.14. The number of ether oxygens (including phenoxy) is 1. The van der Waals surface area contributed by atoms with Gasteiger partial charge >= 0.3 is 0 Å². The zero-order chi connectivity index (χ0) is 14.1. The lowest BCUT2D eigenvalue weighted by molar-refractivity contribution is 0.318. The maximum absolute atomic E-state index is 13.9. The van der Waals surface area contributed by atoms with Crippen molar-refractivity contribution in [1.82, 2.24) is 0 Å². The summed E-state index contributed by atoms with van der Waals surface area (Å²) in [5.74, 6) is 0.416. The first kappa shape index (κ1) is 13.7. The standard InChI is InChI=1S/C16H13Cl2FO/c17-13-5-3-6-14(18)15(13)12-9-11(19)8-10-4-1-2-7-20-16(10)12/h3,5-6,8-9H,1-2,4,7H2. The molecule has 3 rings (SSSR count). The van der Waals surface area contributed by atoms with Gasteiger partial charge in [-0.05, 0) is 49.1 Å². The molecule has 20 heavy (non-hydrogen) atoms. The molecule has 2 aromatic rings. The van der Waals surface area contributed by atoms with Crippen molar-refractivity contribution in [2.75, 3.05) is 6.61 Å². The Labute approximate surface area is 127 Å². The van der Waals surface area contributed by atoms with Gasteiger partial charge in [0.15, 0.2) is 0 Å². The van der Waals surface area contributed by atoms with E-state index in [1.807, 2.05) is 0 Å². The smallest absolute Gasteiger partial charge is 0.130 e. The summed E-state index contributed by atoms with van der Waals surface area (Å²) in [5.41, 5.74) is 2.15. The molecule has 0 saturated carbocycles. The van der Waals surface area contributed by atoms with Crippen LogP contribution in [0.25, 0.3) is 11.1 Å². The van der Waals surface area contributed by atoms with Crippen molar-refractivity contribution in [3.05, 3.63) is 51.8 Å². The molecule has 0 fully saturated rings. The van der Waals surface area contributed by atoms with Gasteiger partial charge in [-0.25, -0.2) is 4.39 Å². The highest BCUT2D eigenvalue weighted by Crippen LogP contribution is 2.42. The van der Waals surface area contributed by atoms with Crippen LogP contribution in [0.3, 0.4) is 0 Å². The summed E-state index contributed by atoms with van der Waals surface area (Å²) in [4.78, 5) is 0. The Balaban J connectivity index is 2.26. The van der Waals surface area contributed by atoms with Crippen LogP contribution in [0.2, 0.25) is 10.0 Å². The Morgan fingerprint density at radius 1 is 1.05 bits per heavy atom. The van der Waals surface area contributed by atoms with Gasteiger partial charge in [-0.15, -0.1) is 0 Å². The summed E-state index contributed by atoms with van der Waals surface area (Å²) in [6.45, 7) is 0.633. The van der Waals surface area contributed by atoms with Crippen LogP contribution in [0, 0.1) is 5.82 Å². The zero-order valence-corrected chi connectivity index (χ0v) is 12.3. The van der Waals surface area contributed by atoms with Crippen molar-refractivity contribution in [3.8, 4) is 16.9 Å². The van der Waals surface area contributed by atoms with Crippen LogP contribution in [-0.2, 0) is 6.42 Å². The fraction of sp³-hybridized carbons (Fsp3) is 0.250. The third-order valence-electron chi connectivity index (χ3n) is 3.45. The molecule has 1 nitrogen and oxygen atoms in total. The van der Waals surface area contributed by atoms with Gasteiger partial charge in [-0.1, -0.05) is 29.3 Å². The summed E-state index contributed by atoms with van der Waals surface area (Å²) >= 11 is 12.5. The number of hydrogen-bond donors (Lipinski definition) is 0. The average Bonchev–Trinajstić information content (AvgIpc) is 2.63. The van der Waals surface area contributed by atoms with Gasteiger partial charge in [-0.2, -0.15) is 0 Å². The van der Waals surface area contributed by atoms with Gasteiger partial charge in [0, 0.05) is 11.1 Å². The van der Waals surface area contributed by atoms with Crippen LogP contribution in [0.4, 0.5) is 4.39 Å². The van der Waals surface area contributed by atoms with Crippen molar-refractivity contribution in [3.63, 3.8) is 0 Å². The third-order valence-corrected chi connectivity index (χ3v) is 4.08. The van der Waals surface area contributed by atoms with Crippen LogP contribution in [-0.4, -0.2) is 6.61 Å². The molecular formula is C16H13Cl2FO. The maximum Gasteiger partial charge on any atom is 0.130 e. The summed E-state index contributed by atoms with van der Waals surface area (Å²) in [6, 6.07) is 8.24. The minimum Gasteiger partial charge on any atom is -0.493 e. The highest BCUT2D eigenvalue weighted by molar-refractivity contribution is 6.39. The Hall–Kier alpha value is -1.25. The monoisotopic (exact) mass is 310 g/mol. The van der Waals surface area contributed by atoms with Crippen LogP contribution in [0.5, 0.6) is 5.75 Å². The van der Waals surface area contributed by atoms with Crippen molar-refractivity contribution >= 4 is 23.2 Å². The molecule has 4 heteroatoms. The first-order chi connectivity index (χ1) is 9.66. The van der Waals surface area contributed by atoms with Gasteiger partial charge in [0.05, 0.1) is 16.7 Å². The molecule has 1 heterocycles. The van der Waals surface area contributed by atoms with E-state index in [-0.39, 0.29) is 5.82 Å². The maximum atomic E-state index is 13.9. The van der Waals surface area contributed by atoms with Gasteiger partial charge in [0.1, 0.15) is 11.6 Å². The van der Waals surface area contributed by atoms with Gasteiger partial charge in [0.25, 0.3) is 0 Å². The highest BCUT2D eigenvalue weighted by Gasteiger charge is 2.20. The first-order valence-corrected chi connectivity index (χ1v) is 7.32. The zero-order valence-electron chi connectivity index (χ0n) is 10.8. The second-order valence-electron chi connectivity index (χ2n) is 4.84. The Morgan fingerprint density at radius 3 is 2.55 bits per heavy atom. The molecule has 0 unspecified atom stereocenters. The summed E-state index contributed by atoms with van der Waals surface area (Å²) in [5, 5.41) is 0.997. The van der Waals surface area contributed by atoms with Gasteiger partial charge in [-0.3, -0.25) is 0 Å². The van der Waals surface area contributed by atoms with E-state index in [9.17, 15) is 4.39 Å². The largest absolute Gasteiger partial charge is 0.493 e. The second kappa shape index (κ2) is 5.63. The molecule has 0 aliphatic carbocycles. The molecule has 0 amide bonds. The lowest BCUT2D eigenvalue weighted by Gasteiger charge is -2.15. The molecule has 2 aromatic carbocycles. The molecule has 0 saturated heterocycles. The molecular weight excluding hydrogens is 298 g/mol. The molecule has 0 bridgehead atoms. The van der Waals surface area contributed by atoms with E-state index in [0.29, 0.717) is 33.5 Å². The number of benzene rings is 2. The lowest BCUT2D eigenvalue weighted by atomic mass is 9.98. The molecule has 0 N–H and O–H groups in total. The normalized spacial score (nSPS) is 14.3. The van der Waals surface area contributed by atoms with Crippen molar-refractivity contribution in [2.45, 2.75) is 19.3 Å². The molecule has 0 aromatic heterocycles. The van der Waals surface area contributed by atoms with Crippen LogP contribution in [0.1, 0.15) is 18.4 Å². The summed E-state index contributed by atoms with van der Waals surface area (Å²) in [6.07, 6.45) is 2.76. The van der Waals surface area contributed by atoms with E-state index in [4.69, 9.17) is 27.9 Å². The summed E-state index contributed by atoms with van der Waals surface area (Å²) in [7, 11) is 0. The van der Waals surface area contributed by atoms with E-state index < -0.39 is 0 Å². The molecule has 0 spiro atoms. The lowest BCUT2D eigenvalue weighted by Crippen LogP contribution is -1.99. The minimum atomic E-state index is -0.291. The Kier molecular flexibility index (Phi) is 3.86. The molecule has 1 aliphatic heterocycles. The Bertz CT molecular complexity index is 635. The van der Waals surface area contributed by atoms with E-state index in [0.717, 1.165) is 24.8 Å². The van der Waals surface area contributed by atoms with Crippen LogP contribution in [0.15, 0.2) is 30.3 Å². The van der Waals surface area contributed by atoms with E-state index in [1.165, 1.54) is 12.1 Å². The number of hydrogen-bond acceptors (Lipinski definition) is 1. The topological polar surface area (TPSA) is 9.23 Å². The number of aryl methyl sites for hydroxylation is 1. The highest BCUT2D eigenvalue weighted by atomic mass is 35.5.